The first-order valence-corrected chi connectivity index (χ1v) is 3.49. The van der Waals surface area contributed by atoms with Gasteiger partial charge in [-0.1, -0.05) is 11.1 Å². The van der Waals surface area contributed by atoms with Crippen molar-refractivity contribution >= 4 is 0 Å². The molecule has 0 bridgehead atoms. The van der Waals surface area contributed by atoms with Crippen LogP contribution in [0, 0.1) is 0 Å². The van der Waals surface area contributed by atoms with E-state index in [0.29, 0.717) is 12.8 Å². The molecule has 0 amide bonds. The zero-order valence-electron chi connectivity index (χ0n) is 6.85. The Kier molecular flexibility index (Phi) is 4.05. The number of hydrogen-bond donors (Lipinski definition) is 1. The Labute approximate surface area is 63.1 Å². The summed E-state index contributed by atoms with van der Waals surface area (Å²) < 4.78 is 0. The molecule has 0 heterocycles. The van der Waals surface area contributed by atoms with Crippen LogP contribution in [0.15, 0.2) is 24.3 Å². The van der Waals surface area contributed by atoms with E-state index < -0.39 is 0 Å². The van der Waals surface area contributed by atoms with Gasteiger partial charge < -0.3 is 5.11 Å². The first-order chi connectivity index (χ1) is 4.52. The molecule has 10 heavy (non-hydrogen) atoms. The highest BCUT2D eigenvalue weighted by Crippen LogP contribution is 2.09. The second-order valence-corrected chi connectivity index (χ2v) is 2.98. The fourth-order valence-corrected chi connectivity index (χ4v) is 0.877. The van der Waals surface area contributed by atoms with Crippen molar-refractivity contribution in [1.29, 1.82) is 0 Å². The summed E-state index contributed by atoms with van der Waals surface area (Å²) in [5, 5.41) is 9.27. The van der Waals surface area contributed by atoms with Crippen LogP contribution in [0.4, 0.5) is 0 Å². The zero-order chi connectivity index (χ0) is 8.15. The molecule has 0 aliphatic heterocycles. The molecule has 1 N–H and O–H groups in total. The van der Waals surface area contributed by atoms with E-state index >= 15 is 0 Å². The third-order valence-electron chi connectivity index (χ3n) is 1.17. The van der Waals surface area contributed by atoms with Crippen molar-refractivity contribution in [3.05, 3.63) is 24.3 Å². The van der Waals surface area contributed by atoms with E-state index in [0.717, 1.165) is 11.1 Å². The Morgan fingerprint density at radius 3 is 1.70 bits per heavy atom. The van der Waals surface area contributed by atoms with Crippen molar-refractivity contribution in [2.24, 2.45) is 0 Å². The summed E-state index contributed by atoms with van der Waals surface area (Å²) in [6.07, 6.45) is 1.09. The van der Waals surface area contributed by atoms with Crippen molar-refractivity contribution < 1.29 is 5.11 Å². The minimum atomic E-state index is -0.282. The molecule has 0 fully saturated rings. The quantitative estimate of drug-likeness (QED) is 0.594. The monoisotopic (exact) mass is 140 g/mol. The van der Waals surface area contributed by atoms with Gasteiger partial charge in [0.1, 0.15) is 0 Å². The van der Waals surface area contributed by atoms with Gasteiger partial charge in [0.15, 0.2) is 0 Å². The Hall–Kier alpha value is -0.560. The lowest BCUT2D eigenvalue weighted by molar-refractivity contribution is 0.175. The Balaban J connectivity index is 3.53. The van der Waals surface area contributed by atoms with Crippen molar-refractivity contribution in [3.63, 3.8) is 0 Å². The molecule has 0 saturated heterocycles. The molecular formula is C9H16O. The highest BCUT2D eigenvalue weighted by atomic mass is 16.3. The summed E-state index contributed by atoms with van der Waals surface area (Å²) in [6.45, 7) is 11.3. The van der Waals surface area contributed by atoms with Crippen molar-refractivity contribution in [3.8, 4) is 0 Å². The predicted octanol–water partition coefficient (Wildman–Crippen LogP) is 2.28. The Bertz CT molecular complexity index is 120. The summed E-state index contributed by atoms with van der Waals surface area (Å²) >= 11 is 0. The molecule has 0 rings (SSSR count). The summed E-state index contributed by atoms with van der Waals surface area (Å²) in [4.78, 5) is 0. The fraction of sp³-hybridized carbons (Fsp3) is 0.556. The van der Waals surface area contributed by atoms with Gasteiger partial charge in [-0.15, -0.1) is 13.2 Å². The number of hydrogen-bond acceptors (Lipinski definition) is 1. The maximum atomic E-state index is 9.27. The SMILES string of the molecule is C=C(C)CC(O)CC(=C)C. The minimum Gasteiger partial charge on any atom is -0.392 e. The second-order valence-electron chi connectivity index (χ2n) is 2.98. The first kappa shape index (κ1) is 9.44. The molecule has 58 valence electrons. The average molecular weight is 140 g/mol. The van der Waals surface area contributed by atoms with Crippen LogP contribution in [0.2, 0.25) is 0 Å². The van der Waals surface area contributed by atoms with E-state index in [1.807, 2.05) is 13.8 Å². The standard InChI is InChI=1S/C9H16O/c1-7(2)5-9(10)6-8(3)4/h9-10H,1,3,5-6H2,2,4H3. The molecule has 0 unspecified atom stereocenters. The van der Waals surface area contributed by atoms with E-state index in [2.05, 4.69) is 13.2 Å². The maximum Gasteiger partial charge on any atom is 0.0613 e. The van der Waals surface area contributed by atoms with Crippen molar-refractivity contribution in [1.82, 2.24) is 0 Å². The van der Waals surface area contributed by atoms with E-state index in [1.165, 1.54) is 0 Å². The smallest absolute Gasteiger partial charge is 0.0613 e. The first-order valence-electron chi connectivity index (χ1n) is 3.49. The number of aliphatic hydroxyl groups excluding tert-OH is 1. The van der Waals surface area contributed by atoms with Crippen LogP contribution < -0.4 is 0 Å². The number of rotatable bonds is 4. The molecule has 0 aromatic heterocycles. The molecular weight excluding hydrogens is 124 g/mol. The normalized spacial score (nSPS) is 10.0. The molecule has 0 radical (unpaired) electrons. The Morgan fingerprint density at radius 1 is 1.20 bits per heavy atom. The Morgan fingerprint density at radius 2 is 1.50 bits per heavy atom. The van der Waals surface area contributed by atoms with Crippen LogP contribution >= 0.6 is 0 Å². The van der Waals surface area contributed by atoms with E-state index in [4.69, 9.17) is 0 Å². The van der Waals surface area contributed by atoms with Gasteiger partial charge in [-0.05, 0) is 26.7 Å². The zero-order valence-corrected chi connectivity index (χ0v) is 6.85. The molecule has 0 aromatic rings. The van der Waals surface area contributed by atoms with Crippen molar-refractivity contribution in [2.45, 2.75) is 32.8 Å². The number of aliphatic hydroxyl groups is 1. The van der Waals surface area contributed by atoms with Gasteiger partial charge in [-0.3, -0.25) is 0 Å². The van der Waals surface area contributed by atoms with Crippen LogP contribution in [-0.4, -0.2) is 11.2 Å². The highest BCUT2D eigenvalue weighted by Gasteiger charge is 2.02. The summed E-state index contributed by atoms with van der Waals surface area (Å²) in [7, 11) is 0. The molecule has 0 spiro atoms. The third-order valence-corrected chi connectivity index (χ3v) is 1.17. The van der Waals surface area contributed by atoms with Crippen LogP contribution in [0.25, 0.3) is 0 Å². The molecule has 0 aliphatic carbocycles. The lowest BCUT2D eigenvalue weighted by Gasteiger charge is -2.08. The van der Waals surface area contributed by atoms with Crippen LogP contribution in [0.1, 0.15) is 26.7 Å². The second kappa shape index (κ2) is 4.29. The third kappa shape index (κ3) is 5.57. The minimum absolute atomic E-state index is 0.282. The predicted molar refractivity (Wildman–Crippen MR) is 44.9 cm³/mol. The average Bonchev–Trinajstić information content (AvgIpc) is 1.58. The molecule has 0 aliphatic rings. The molecule has 0 aromatic carbocycles. The van der Waals surface area contributed by atoms with Gasteiger partial charge in [-0.25, -0.2) is 0 Å². The molecule has 0 saturated carbocycles. The largest absolute Gasteiger partial charge is 0.392 e. The fourth-order valence-electron chi connectivity index (χ4n) is 0.877. The van der Waals surface area contributed by atoms with Gasteiger partial charge in [0.05, 0.1) is 6.10 Å². The van der Waals surface area contributed by atoms with Gasteiger partial charge in [0, 0.05) is 0 Å². The van der Waals surface area contributed by atoms with Crippen molar-refractivity contribution in [2.75, 3.05) is 0 Å². The van der Waals surface area contributed by atoms with E-state index in [-0.39, 0.29) is 6.10 Å². The van der Waals surface area contributed by atoms with Gasteiger partial charge >= 0.3 is 0 Å². The maximum absolute atomic E-state index is 9.27. The molecule has 1 heteroatoms. The molecule has 0 atom stereocenters. The highest BCUT2D eigenvalue weighted by molar-refractivity contribution is 4.96. The van der Waals surface area contributed by atoms with Gasteiger partial charge in [-0.2, -0.15) is 0 Å². The van der Waals surface area contributed by atoms with E-state index in [1.54, 1.807) is 0 Å². The van der Waals surface area contributed by atoms with Crippen LogP contribution in [0.3, 0.4) is 0 Å². The summed E-state index contributed by atoms with van der Waals surface area (Å²) in [5.41, 5.74) is 2.04. The lowest BCUT2D eigenvalue weighted by Crippen LogP contribution is -2.06. The van der Waals surface area contributed by atoms with Gasteiger partial charge in [0.25, 0.3) is 0 Å². The van der Waals surface area contributed by atoms with E-state index in [9.17, 15) is 5.11 Å². The summed E-state index contributed by atoms with van der Waals surface area (Å²) in [5.74, 6) is 0. The van der Waals surface area contributed by atoms with Gasteiger partial charge in [0.2, 0.25) is 0 Å². The molecule has 1 nitrogen and oxygen atoms in total. The topological polar surface area (TPSA) is 20.2 Å². The van der Waals surface area contributed by atoms with Crippen LogP contribution in [0.5, 0.6) is 0 Å². The summed E-state index contributed by atoms with van der Waals surface area (Å²) in [6, 6.07) is 0. The van der Waals surface area contributed by atoms with Crippen LogP contribution in [-0.2, 0) is 0 Å². The lowest BCUT2D eigenvalue weighted by atomic mass is 10.1.